The van der Waals surface area contributed by atoms with Gasteiger partial charge in [0.15, 0.2) is 9.84 Å². The number of alkyl halides is 3. The van der Waals surface area contributed by atoms with Crippen molar-refractivity contribution in [3.63, 3.8) is 0 Å². The van der Waals surface area contributed by atoms with E-state index < -0.39 is 54.1 Å². The van der Waals surface area contributed by atoms with Crippen LogP contribution in [0.4, 0.5) is 17.6 Å². The maximum atomic E-state index is 13.5. The molecule has 1 aromatic heterocycles. The number of hydrogen-bond acceptors (Lipinski definition) is 5. The highest BCUT2D eigenvalue weighted by Gasteiger charge is 2.36. The Labute approximate surface area is 175 Å². The van der Waals surface area contributed by atoms with E-state index in [1.54, 1.807) is 6.07 Å². The lowest BCUT2D eigenvalue weighted by Crippen LogP contribution is -2.32. The van der Waals surface area contributed by atoms with Gasteiger partial charge in [-0.2, -0.15) is 13.2 Å². The molecule has 1 N–H and O–H groups in total. The zero-order valence-electron chi connectivity index (χ0n) is 15.5. The predicted molar refractivity (Wildman–Crippen MR) is 102 cm³/mol. The smallest absolute Gasteiger partial charge is 0.419 e. The number of rotatable bonds is 7. The van der Waals surface area contributed by atoms with Gasteiger partial charge in [0.05, 0.1) is 21.6 Å². The van der Waals surface area contributed by atoms with Gasteiger partial charge in [-0.15, -0.1) is 0 Å². The first-order chi connectivity index (χ1) is 14.4. The van der Waals surface area contributed by atoms with E-state index in [0.717, 1.165) is 0 Å². The Morgan fingerprint density at radius 3 is 2.16 bits per heavy atom. The van der Waals surface area contributed by atoms with Crippen LogP contribution in [0.3, 0.4) is 0 Å². The highest BCUT2D eigenvalue weighted by atomic mass is 32.2. The van der Waals surface area contributed by atoms with Crippen molar-refractivity contribution in [2.24, 2.45) is 0 Å². The molecule has 0 radical (unpaired) electrons. The summed E-state index contributed by atoms with van der Waals surface area (Å²) < 4.78 is 110. The summed E-state index contributed by atoms with van der Waals surface area (Å²) in [5.41, 5.74) is -1.75. The molecule has 3 aromatic rings. The zero-order chi connectivity index (χ0) is 22.9. The Hall–Kier alpha value is -2.70. The molecule has 166 valence electrons. The lowest BCUT2D eigenvalue weighted by molar-refractivity contribution is -0.140. The van der Waals surface area contributed by atoms with Crippen molar-refractivity contribution in [2.45, 2.75) is 21.2 Å². The van der Waals surface area contributed by atoms with Crippen molar-refractivity contribution in [3.8, 4) is 0 Å². The van der Waals surface area contributed by atoms with Gasteiger partial charge in [0.2, 0.25) is 10.0 Å². The Morgan fingerprint density at radius 2 is 1.58 bits per heavy atom. The third kappa shape index (κ3) is 4.97. The van der Waals surface area contributed by atoms with Crippen LogP contribution in [0.25, 0.3) is 0 Å². The Balaban J connectivity index is 1.94. The van der Waals surface area contributed by atoms with Gasteiger partial charge in [0.1, 0.15) is 16.8 Å². The van der Waals surface area contributed by atoms with Gasteiger partial charge in [0, 0.05) is 6.54 Å². The average molecular weight is 477 g/mol. The quantitative estimate of drug-likeness (QED) is 0.521. The molecule has 0 spiro atoms. The average Bonchev–Trinajstić information content (AvgIpc) is 3.22. The largest absolute Gasteiger partial charge is 0.468 e. The molecule has 0 saturated heterocycles. The third-order valence-corrected chi connectivity index (χ3v) is 7.82. The van der Waals surface area contributed by atoms with Crippen molar-refractivity contribution in [1.82, 2.24) is 4.72 Å². The molecule has 6 nitrogen and oxygen atoms in total. The molecule has 0 amide bonds. The number of sulfone groups is 1. The number of furan rings is 1. The number of hydrogen-bond donors (Lipinski definition) is 1. The minimum atomic E-state index is -5.11. The molecule has 0 aliphatic heterocycles. The number of sulfonamides is 1. The van der Waals surface area contributed by atoms with E-state index in [-0.39, 0.29) is 16.7 Å². The minimum absolute atomic E-state index is 0.0679. The lowest BCUT2D eigenvalue weighted by atomic mass is 10.2. The fourth-order valence-electron chi connectivity index (χ4n) is 2.77. The van der Waals surface area contributed by atoms with E-state index in [4.69, 9.17) is 4.42 Å². The minimum Gasteiger partial charge on any atom is -0.468 e. The van der Waals surface area contributed by atoms with E-state index in [0.29, 0.717) is 12.1 Å². The molecular weight excluding hydrogens is 462 g/mol. The Kier molecular flexibility index (Phi) is 6.25. The van der Waals surface area contributed by atoms with Crippen LogP contribution in [0.2, 0.25) is 0 Å². The van der Waals surface area contributed by atoms with E-state index in [2.05, 4.69) is 0 Å². The van der Waals surface area contributed by atoms with Crippen LogP contribution in [0, 0.1) is 5.82 Å². The SMILES string of the molecule is O=S(=O)(NCC(c1ccco1)S(=O)(=O)c1ccccc1)c1ccc(F)c(C(F)(F)F)c1. The van der Waals surface area contributed by atoms with E-state index in [1.165, 1.54) is 42.7 Å². The second kappa shape index (κ2) is 8.44. The summed E-state index contributed by atoms with van der Waals surface area (Å²) in [5.74, 6) is -1.70. The molecule has 2 aromatic carbocycles. The second-order valence-electron chi connectivity index (χ2n) is 6.35. The predicted octanol–water partition coefficient (Wildman–Crippen LogP) is 3.93. The highest BCUT2D eigenvalue weighted by molar-refractivity contribution is 7.92. The van der Waals surface area contributed by atoms with Gasteiger partial charge in [-0.3, -0.25) is 0 Å². The summed E-state index contributed by atoms with van der Waals surface area (Å²) in [5, 5.41) is -1.50. The second-order valence-corrected chi connectivity index (χ2v) is 10.3. The van der Waals surface area contributed by atoms with Crippen LogP contribution in [-0.2, 0) is 26.0 Å². The van der Waals surface area contributed by atoms with Crippen molar-refractivity contribution in [1.29, 1.82) is 0 Å². The van der Waals surface area contributed by atoms with Crippen molar-refractivity contribution >= 4 is 19.9 Å². The van der Waals surface area contributed by atoms with Crippen LogP contribution in [0.1, 0.15) is 16.6 Å². The maximum Gasteiger partial charge on any atom is 0.419 e. The van der Waals surface area contributed by atoms with Gasteiger partial charge < -0.3 is 4.42 Å². The molecule has 0 aliphatic carbocycles. The molecule has 1 heterocycles. The van der Waals surface area contributed by atoms with Gasteiger partial charge in [-0.05, 0) is 42.5 Å². The van der Waals surface area contributed by atoms with Gasteiger partial charge in [-0.1, -0.05) is 18.2 Å². The highest BCUT2D eigenvalue weighted by Crippen LogP contribution is 2.33. The monoisotopic (exact) mass is 477 g/mol. The number of benzene rings is 2. The zero-order valence-corrected chi connectivity index (χ0v) is 17.1. The summed E-state index contributed by atoms with van der Waals surface area (Å²) in [7, 11) is -8.74. The summed E-state index contributed by atoms with van der Waals surface area (Å²) in [6.45, 7) is -0.730. The van der Waals surface area contributed by atoms with Gasteiger partial charge in [-0.25, -0.2) is 25.9 Å². The van der Waals surface area contributed by atoms with Crippen LogP contribution in [0.5, 0.6) is 0 Å². The van der Waals surface area contributed by atoms with E-state index >= 15 is 0 Å². The maximum absolute atomic E-state index is 13.5. The molecule has 0 aliphatic rings. The normalized spacial score (nSPS) is 13.8. The van der Waals surface area contributed by atoms with Crippen molar-refractivity contribution in [2.75, 3.05) is 6.54 Å². The first-order valence-electron chi connectivity index (χ1n) is 8.62. The Bertz CT molecular complexity index is 1260. The molecule has 31 heavy (non-hydrogen) atoms. The molecule has 0 bridgehead atoms. The van der Waals surface area contributed by atoms with Crippen LogP contribution >= 0.6 is 0 Å². The van der Waals surface area contributed by atoms with Crippen LogP contribution in [0.15, 0.2) is 81.1 Å². The summed E-state index contributed by atoms with van der Waals surface area (Å²) in [6, 6.07) is 11.1. The molecule has 12 heteroatoms. The molecular formula is C19H15F4NO5S2. The standard InChI is InChI=1S/C19H15F4NO5S2/c20-16-9-8-14(11-15(16)19(21,22)23)31(27,28)24-12-18(17-7-4-10-29-17)30(25,26)13-5-2-1-3-6-13/h1-11,18,24H,12H2. The number of halogens is 4. The fraction of sp³-hybridized carbons (Fsp3) is 0.158. The van der Waals surface area contributed by atoms with Crippen LogP contribution in [-0.4, -0.2) is 23.4 Å². The summed E-state index contributed by atoms with van der Waals surface area (Å²) in [4.78, 5) is -0.965. The fourth-order valence-corrected chi connectivity index (χ4v) is 5.56. The van der Waals surface area contributed by atoms with E-state index in [1.807, 2.05) is 4.72 Å². The lowest BCUT2D eigenvalue weighted by Gasteiger charge is -2.17. The van der Waals surface area contributed by atoms with Crippen LogP contribution < -0.4 is 4.72 Å². The molecule has 0 saturated carbocycles. The molecule has 0 fully saturated rings. The molecule has 3 rings (SSSR count). The Morgan fingerprint density at radius 1 is 0.903 bits per heavy atom. The first-order valence-corrected chi connectivity index (χ1v) is 11.6. The van der Waals surface area contributed by atoms with Gasteiger partial charge >= 0.3 is 6.18 Å². The molecule has 1 atom stereocenters. The summed E-state index contributed by atoms with van der Waals surface area (Å²) in [6.07, 6.45) is -3.91. The third-order valence-electron chi connectivity index (χ3n) is 4.32. The summed E-state index contributed by atoms with van der Waals surface area (Å²) >= 11 is 0. The van der Waals surface area contributed by atoms with Gasteiger partial charge in [0.25, 0.3) is 0 Å². The number of nitrogens with one attached hydrogen (secondary N) is 1. The van der Waals surface area contributed by atoms with Crippen molar-refractivity contribution < 1.29 is 38.8 Å². The molecule has 1 unspecified atom stereocenters. The topological polar surface area (TPSA) is 93.4 Å². The van der Waals surface area contributed by atoms with E-state index in [9.17, 15) is 34.4 Å². The first kappa shape index (κ1) is 23.0. The van der Waals surface area contributed by atoms with Crippen molar-refractivity contribution in [3.05, 3.63) is 84.1 Å².